The number of para-hydroxylation sites is 1. The molecule has 4 rings (SSSR count). The number of hydrogen-bond acceptors (Lipinski definition) is 5. The first-order valence-corrected chi connectivity index (χ1v) is 11.0. The van der Waals surface area contributed by atoms with Crippen LogP contribution in [-0.2, 0) is 19.1 Å². The van der Waals surface area contributed by atoms with Crippen molar-refractivity contribution in [2.45, 2.75) is 56.4 Å². The van der Waals surface area contributed by atoms with Gasteiger partial charge in [-0.2, -0.15) is 0 Å². The summed E-state index contributed by atoms with van der Waals surface area (Å²) < 4.78 is 6.45. The standard InChI is InChI=1S/C22H28ClN3O5/c1-4-12(11-27)26-17(19(29)25-14-8-6-5-7-13(14)23)22-10-9-21(2,31-22)15(18(28)24-3)16(22)20(26)30/h5-8,12,15-17,27H,4,9-11H2,1-3H3,(H,24,28)(H,25,29)/t12-,15+,16-,17?,21-,22?/m0/s1. The molecule has 31 heavy (non-hydrogen) atoms. The quantitative estimate of drug-likeness (QED) is 0.610. The molecule has 9 heteroatoms. The fraction of sp³-hybridized carbons (Fsp3) is 0.591. The first-order chi connectivity index (χ1) is 14.7. The van der Waals surface area contributed by atoms with Crippen molar-refractivity contribution in [2.75, 3.05) is 19.0 Å². The van der Waals surface area contributed by atoms with Gasteiger partial charge in [-0.25, -0.2) is 0 Å². The Bertz CT molecular complexity index is 922. The fourth-order valence-electron chi connectivity index (χ4n) is 5.79. The highest BCUT2D eigenvalue weighted by Crippen LogP contribution is 2.63. The van der Waals surface area contributed by atoms with Crippen molar-refractivity contribution in [3.63, 3.8) is 0 Å². The van der Waals surface area contributed by atoms with E-state index in [9.17, 15) is 19.5 Å². The van der Waals surface area contributed by atoms with Gasteiger partial charge >= 0.3 is 0 Å². The second-order valence-electron chi connectivity index (χ2n) is 8.80. The number of anilines is 1. The van der Waals surface area contributed by atoms with Crippen molar-refractivity contribution in [1.82, 2.24) is 10.2 Å². The lowest BCUT2D eigenvalue weighted by Gasteiger charge is -2.36. The number of fused-ring (bicyclic) bond motifs is 1. The van der Waals surface area contributed by atoms with Gasteiger partial charge in [0.15, 0.2) is 0 Å². The molecule has 2 unspecified atom stereocenters. The summed E-state index contributed by atoms with van der Waals surface area (Å²) in [6.07, 6.45) is 1.50. The van der Waals surface area contributed by atoms with E-state index in [2.05, 4.69) is 10.6 Å². The van der Waals surface area contributed by atoms with E-state index in [-0.39, 0.29) is 18.4 Å². The highest BCUT2D eigenvalue weighted by molar-refractivity contribution is 6.33. The molecule has 8 nitrogen and oxygen atoms in total. The number of halogens is 1. The lowest BCUT2D eigenvalue weighted by molar-refractivity contribution is -0.147. The number of likely N-dealkylation sites (tertiary alicyclic amines) is 1. The zero-order valence-corrected chi connectivity index (χ0v) is 18.6. The molecule has 1 aromatic carbocycles. The second kappa shape index (κ2) is 7.76. The Morgan fingerprint density at radius 3 is 2.65 bits per heavy atom. The molecule has 1 spiro atoms. The lowest BCUT2D eigenvalue weighted by atomic mass is 9.66. The van der Waals surface area contributed by atoms with Crippen LogP contribution >= 0.6 is 11.6 Å². The summed E-state index contributed by atoms with van der Waals surface area (Å²) in [5, 5.41) is 15.8. The number of aliphatic hydroxyl groups is 1. The summed E-state index contributed by atoms with van der Waals surface area (Å²) >= 11 is 6.23. The maximum absolute atomic E-state index is 13.7. The van der Waals surface area contributed by atoms with Gasteiger partial charge in [-0.3, -0.25) is 14.4 Å². The molecule has 3 N–H and O–H groups in total. The van der Waals surface area contributed by atoms with Crippen molar-refractivity contribution >= 4 is 35.0 Å². The third-order valence-corrected chi connectivity index (χ3v) is 7.53. The number of ether oxygens (including phenoxy) is 1. The van der Waals surface area contributed by atoms with Gasteiger partial charge in [0.25, 0.3) is 0 Å². The zero-order chi connectivity index (χ0) is 22.6. The molecule has 3 amide bonds. The Morgan fingerprint density at radius 2 is 2.03 bits per heavy atom. The van der Waals surface area contributed by atoms with Gasteiger partial charge in [-0.1, -0.05) is 30.7 Å². The van der Waals surface area contributed by atoms with Crippen LogP contribution in [0.4, 0.5) is 5.69 Å². The Labute approximate surface area is 186 Å². The fourth-order valence-corrected chi connectivity index (χ4v) is 5.97. The van der Waals surface area contributed by atoms with Gasteiger partial charge in [0, 0.05) is 7.05 Å². The number of rotatable bonds is 6. The maximum atomic E-state index is 13.7. The van der Waals surface area contributed by atoms with Gasteiger partial charge < -0.3 is 25.4 Å². The summed E-state index contributed by atoms with van der Waals surface area (Å²) in [7, 11) is 1.53. The number of amides is 3. The van der Waals surface area contributed by atoms with Crippen molar-refractivity contribution in [2.24, 2.45) is 11.8 Å². The topological polar surface area (TPSA) is 108 Å². The van der Waals surface area contributed by atoms with E-state index in [4.69, 9.17) is 16.3 Å². The zero-order valence-electron chi connectivity index (χ0n) is 17.9. The minimum Gasteiger partial charge on any atom is -0.394 e. The molecule has 3 aliphatic rings. The number of hydrogen-bond donors (Lipinski definition) is 3. The third-order valence-electron chi connectivity index (χ3n) is 7.20. The van der Waals surface area contributed by atoms with Crippen LogP contribution in [0, 0.1) is 11.8 Å². The van der Waals surface area contributed by atoms with E-state index in [0.717, 1.165) is 0 Å². The predicted molar refractivity (Wildman–Crippen MR) is 114 cm³/mol. The second-order valence-corrected chi connectivity index (χ2v) is 9.21. The first-order valence-electron chi connectivity index (χ1n) is 10.6. The van der Waals surface area contributed by atoms with E-state index in [1.165, 1.54) is 11.9 Å². The molecule has 3 aliphatic heterocycles. The molecule has 3 fully saturated rings. The van der Waals surface area contributed by atoms with Gasteiger partial charge in [-0.05, 0) is 38.3 Å². The molecule has 2 bridgehead atoms. The highest BCUT2D eigenvalue weighted by Gasteiger charge is 2.78. The Balaban J connectivity index is 1.79. The van der Waals surface area contributed by atoms with E-state index in [0.29, 0.717) is 30.0 Å². The molecule has 3 saturated heterocycles. The number of aliphatic hydroxyl groups excluding tert-OH is 1. The Morgan fingerprint density at radius 1 is 1.32 bits per heavy atom. The van der Waals surface area contributed by atoms with Crippen LogP contribution in [0.15, 0.2) is 24.3 Å². The largest absolute Gasteiger partial charge is 0.394 e. The smallest absolute Gasteiger partial charge is 0.250 e. The molecule has 3 heterocycles. The monoisotopic (exact) mass is 449 g/mol. The Kier molecular flexibility index (Phi) is 5.52. The van der Waals surface area contributed by atoms with Gasteiger partial charge in [0.2, 0.25) is 17.7 Å². The van der Waals surface area contributed by atoms with Gasteiger partial charge in [0.05, 0.1) is 40.8 Å². The van der Waals surface area contributed by atoms with Crippen LogP contribution in [0.3, 0.4) is 0 Å². The summed E-state index contributed by atoms with van der Waals surface area (Å²) in [5.41, 5.74) is -1.52. The average molecular weight is 450 g/mol. The number of carbonyl (C=O) groups is 3. The molecule has 0 aliphatic carbocycles. The van der Waals surface area contributed by atoms with Crippen molar-refractivity contribution < 1.29 is 24.2 Å². The summed E-state index contributed by atoms with van der Waals surface area (Å²) in [5.74, 6) is -2.51. The number of benzene rings is 1. The van der Waals surface area contributed by atoms with Crippen LogP contribution < -0.4 is 10.6 Å². The minimum absolute atomic E-state index is 0.272. The lowest BCUT2D eigenvalue weighted by Crippen LogP contribution is -2.56. The molecular formula is C22H28ClN3O5. The van der Waals surface area contributed by atoms with Crippen LogP contribution in [0.2, 0.25) is 5.02 Å². The average Bonchev–Trinajstić information content (AvgIpc) is 3.31. The maximum Gasteiger partial charge on any atom is 0.250 e. The molecule has 0 aromatic heterocycles. The van der Waals surface area contributed by atoms with E-state index in [1.807, 2.05) is 13.8 Å². The highest BCUT2D eigenvalue weighted by atomic mass is 35.5. The summed E-state index contributed by atoms with van der Waals surface area (Å²) in [4.78, 5) is 41.5. The van der Waals surface area contributed by atoms with E-state index < -0.39 is 41.0 Å². The third kappa shape index (κ3) is 3.07. The van der Waals surface area contributed by atoms with Crippen molar-refractivity contribution in [1.29, 1.82) is 0 Å². The van der Waals surface area contributed by atoms with Crippen LogP contribution in [0.25, 0.3) is 0 Å². The molecule has 1 aromatic rings. The molecule has 0 radical (unpaired) electrons. The minimum atomic E-state index is -1.13. The predicted octanol–water partition coefficient (Wildman–Crippen LogP) is 1.56. The van der Waals surface area contributed by atoms with Crippen molar-refractivity contribution in [3.8, 4) is 0 Å². The first kappa shape index (κ1) is 22.0. The Hall–Kier alpha value is -2.16. The van der Waals surface area contributed by atoms with Crippen molar-refractivity contribution in [3.05, 3.63) is 29.3 Å². The van der Waals surface area contributed by atoms with Gasteiger partial charge in [0.1, 0.15) is 11.6 Å². The molecular weight excluding hydrogens is 422 g/mol. The number of nitrogens with zero attached hydrogens (tertiary/aromatic N) is 1. The molecule has 0 saturated carbocycles. The molecule has 6 atom stereocenters. The normalized spacial score (nSPS) is 34.5. The number of carbonyl (C=O) groups excluding carboxylic acids is 3. The van der Waals surface area contributed by atoms with Crippen LogP contribution in [-0.4, -0.2) is 64.7 Å². The van der Waals surface area contributed by atoms with Crippen LogP contribution in [0.5, 0.6) is 0 Å². The van der Waals surface area contributed by atoms with E-state index >= 15 is 0 Å². The summed E-state index contributed by atoms with van der Waals surface area (Å²) in [6, 6.07) is 5.32. The summed E-state index contributed by atoms with van der Waals surface area (Å²) in [6.45, 7) is 3.39. The van der Waals surface area contributed by atoms with Crippen LogP contribution in [0.1, 0.15) is 33.1 Å². The SMILES string of the molecule is CC[C@@H](CO)N1C(=O)[C@@H]2[C@H](C(=O)NC)[C@]3(C)CCC2(O3)C1C(=O)Nc1ccccc1Cl. The molecule has 168 valence electrons. The van der Waals surface area contributed by atoms with Gasteiger partial charge in [-0.15, -0.1) is 0 Å². The van der Waals surface area contributed by atoms with E-state index in [1.54, 1.807) is 24.3 Å². The number of nitrogens with one attached hydrogen (secondary N) is 2.